The van der Waals surface area contributed by atoms with Crippen LogP contribution in [-0.4, -0.2) is 24.3 Å². The van der Waals surface area contributed by atoms with Gasteiger partial charge in [-0.25, -0.2) is 0 Å². The molecule has 2 N–H and O–H groups in total. The second-order valence-corrected chi connectivity index (χ2v) is 4.39. The van der Waals surface area contributed by atoms with Gasteiger partial charge in [0.25, 0.3) is 0 Å². The molecular formula is C14H19N3O2. The number of Topliss-reactive ketones (excluding diaryl/α,β-unsaturated/α-hetero) is 1. The van der Waals surface area contributed by atoms with E-state index in [4.69, 9.17) is 10.6 Å². The molecule has 1 aromatic carbocycles. The monoisotopic (exact) mass is 261 g/mol. The summed E-state index contributed by atoms with van der Waals surface area (Å²) in [7, 11) is 1.60. The van der Waals surface area contributed by atoms with Crippen LogP contribution < -0.4 is 10.6 Å². The summed E-state index contributed by atoms with van der Waals surface area (Å²) in [6.45, 7) is 5.32. The maximum absolute atomic E-state index is 11.9. The number of hydrogen-bond donors (Lipinski definition) is 1. The molecular weight excluding hydrogens is 242 g/mol. The number of hydrazone groups is 1. The number of hydrogen-bond acceptors (Lipinski definition) is 5. The first kappa shape index (κ1) is 14.9. The molecule has 0 atom stereocenters. The Hall–Kier alpha value is -2.17. The molecule has 0 aliphatic rings. The van der Waals surface area contributed by atoms with E-state index < -0.39 is 0 Å². The molecule has 5 nitrogen and oxygen atoms in total. The van der Waals surface area contributed by atoms with Crippen molar-refractivity contribution < 1.29 is 9.53 Å². The summed E-state index contributed by atoms with van der Waals surface area (Å²) in [5, 5.41) is 3.55. The fourth-order valence-corrected chi connectivity index (χ4v) is 1.51. The zero-order chi connectivity index (χ0) is 14.4. The molecule has 0 saturated heterocycles. The van der Waals surface area contributed by atoms with Crippen molar-refractivity contribution >= 4 is 22.9 Å². The van der Waals surface area contributed by atoms with E-state index in [-0.39, 0.29) is 17.4 Å². The van der Waals surface area contributed by atoms with Gasteiger partial charge < -0.3 is 10.6 Å². The summed E-state index contributed by atoms with van der Waals surface area (Å²) in [5.74, 6) is 5.75. The number of benzene rings is 1. The molecule has 0 spiro atoms. The van der Waals surface area contributed by atoms with Gasteiger partial charge in [0.15, 0.2) is 5.78 Å². The standard InChI is InChI=1S/C14H19N3O2/c1-9(2)14(18)13(17-15)10(3)16-11-5-7-12(19-4)8-6-11/h5-9H,15H2,1-4H3. The van der Waals surface area contributed by atoms with Gasteiger partial charge in [-0.15, -0.1) is 0 Å². The predicted octanol–water partition coefficient (Wildman–Crippen LogP) is 2.33. The third-order valence-corrected chi connectivity index (χ3v) is 2.60. The first-order valence-electron chi connectivity index (χ1n) is 6.01. The molecule has 0 aromatic heterocycles. The summed E-state index contributed by atoms with van der Waals surface area (Å²) in [4.78, 5) is 16.2. The molecule has 0 heterocycles. The summed E-state index contributed by atoms with van der Waals surface area (Å²) in [6.07, 6.45) is 0. The van der Waals surface area contributed by atoms with Gasteiger partial charge in [0.1, 0.15) is 11.5 Å². The highest BCUT2D eigenvalue weighted by atomic mass is 16.5. The van der Waals surface area contributed by atoms with E-state index in [9.17, 15) is 4.79 Å². The average molecular weight is 261 g/mol. The fourth-order valence-electron chi connectivity index (χ4n) is 1.51. The number of nitrogens with two attached hydrogens (primary N) is 1. The van der Waals surface area contributed by atoms with Crippen molar-refractivity contribution in [1.82, 2.24) is 0 Å². The van der Waals surface area contributed by atoms with Gasteiger partial charge >= 0.3 is 0 Å². The number of carbonyl (C=O) groups is 1. The quantitative estimate of drug-likeness (QED) is 0.502. The van der Waals surface area contributed by atoms with Gasteiger partial charge in [-0.05, 0) is 31.2 Å². The molecule has 0 bridgehead atoms. The summed E-state index contributed by atoms with van der Waals surface area (Å²) in [6, 6.07) is 7.21. The van der Waals surface area contributed by atoms with Crippen LogP contribution in [0.2, 0.25) is 0 Å². The Kier molecular flexibility index (Phi) is 5.23. The molecule has 0 aliphatic heterocycles. The summed E-state index contributed by atoms with van der Waals surface area (Å²) in [5.41, 5.74) is 1.44. The van der Waals surface area contributed by atoms with Crippen molar-refractivity contribution in [3.8, 4) is 5.75 Å². The number of ketones is 1. The van der Waals surface area contributed by atoms with Crippen molar-refractivity contribution in [3.05, 3.63) is 24.3 Å². The second-order valence-electron chi connectivity index (χ2n) is 4.39. The summed E-state index contributed by atoms with van der Waals surface area (Å²) >= 11 is 0. The zero-order valence-corrected chi connectivity index (χ0v) is 11.7. The normalized spacial score (nSPS) is 12.7. The minimum absolute atomic E-state index is 0.114. The van der Waals surface area contributed by atoms with E-state index in [1.807, 2.05) is 0 Å². The molecule has 0 radical (unpaired) electrons. The number of methoxy groups -OCH3 is 1. The number of aliphatic imine (C=N–C) groups is 1. The Labute approximate surface area is 113 Å². The van der Waals surface area contributed by atoms with Crippen molar-refractivity contribution in [3.63, 3.8) is 0 Å². The lowest BCUT2D eigenvalue weighted by molar-refractivity contribution is -0.115. The first-order chi connectivity index (χ1) is 8.99. The van der Waals surface area contributed by atoms with Crippen molar-refractivity contribution in [1.29, 1.82) is 0 Å². The van der Waals surface area contributed by atoms with Gasteiger partial charge in [-0.3, -0.25) is 9.79 Å². The molecule has 102 valence electrons. The van der Waals surface area contributed by atoms with Crippen LogP contribution in [-0.2, 0) is 4.79 Å². The third kappa shape index (κ3) is 3.91. The van der Waals surface area contributed by atoms with E-state index in [0.29, 0.717) is 5.71 Å². The van der Waals surface area contributed by atoms with E-state index in [2.05, 4.69) is 10.1 Å². The molecule has 1 aromatic rings. The lowest BCUT2D eigenvalue weighted by Gasteiger charge is -2.07. The smallest absolute Gasteiger partial charge is 0.187 e. The van der Waals surface area contributed by atoms with Crippen molar-refractivity contribution in [2.75, 3.05) is 7.11 Å². The Morgan fingerprint density at radius 3 is 2.26 bits per heavy atom. The van der Waals surface area contributed by atoms with Gasteiger partial charge in [0.05, 0.1) is 18.5 Å². The van der Waals surface area contributed by atoms with Crippen LogP contribution in [0.4, 0.5) is 5.69 Å². The highest BCUT2D eigenvalue weighted by Gasteiger charge is 2.18. The SMILES string of the molecule is COc1ccc(N=C(C)C(=NN)C(=O)C(C)C)cc1. The van der Waals surface area contributed by atoms with Crippen molar-refractivity contribution in [2.24, 2.45) is 21.9 Å². The highest BCUT2D eigenvalue weighted by Crippen LogP contribution is 2.18. The number of carbonyl (C=O) groups excluding carboxylic acids is 1. The minimum Gasteiger partial charge on any atom is -0.497 e. The summed E-state index contributed by atoms with van der Waals surface area (Å²) < 4.78 is 5.07. The van der Waals surface area contributed by atoms with Crippen molar-refractivity contribution in [2.45, 2.75) is 20.8 Å². The van der Waals surface area contributed by atoms with Crippen LogP contribution in [0, 0.1) is 5.92 Å². The lowest BCUT2D eigenvalue weighted by Crippen LogP contribution is -2.27. The molecule has 0 unspecified atom stereocenters. The van der Waals surface area contributed by atoms with Crippen LogP contribution in [0.25, 0.3) is 0 Å². The van der Waals surface area contributed by atoms with Gasteiger partial charge in [0.2, 0.25) is 0 Å². The Morgan fingerprint density at radius 2 is 1.84 bits per heavy atom. The number of nitrogens with zero attached hydrogens (tertiary/aromatic N) is 2. The zero-order valence-electron chi connectivity index (χ0n) is 11.7. The van der Waals surface area contributed by atoms with Gasteiger partial charge in [-0.1, -0.05) is 13.8 Å². The number of rotatable bonds is 5. The lowest BCUT2D eigenvalue weighted by atomic mass is 10.0. The molecule has 19 heavy (non-hydrogen) atoms. The molecule has 0 saturated carbocycles. The Morgan fingerprint density at radius 1 is 1.26 bits per heavy atom. The first-order valence-corrected chi connectivity index (χ1v) is 6.01. The minimum atomic E-state index is -0.164. The van der Waals surface area contributed by atoms with Crippen LogP contribution in [0.15, 0.2) is 34.4 Å². The molecule has 0 aliphatic carbocycles. The Balaban J connectivity index is 2.99. The Bertz CT molecular complexity index is 502. The van der Waals surface area contributed by atoms with E-state index in [1.54, 1.807) is 52.1 Å². The van der Waals surface area contributed by atoms with E-state index in [1.165, 1.54) is 0 Å². The third-order valence-electron chi connectivity index (χ3n) is 2.60. The van der Waals surface area contributed by atoms with Crippen LogP contribution >= 0.6 is 0 Å². The van der Waals surface area contributed by atoms with Crippen LogP contribution in [0.5, 0.6) is 5.75 Å². The predicted molar refractivity (Wildman–Crippen MR) is 77.2 cm³/mol. The van der Waals surface area contributed by atoms with E-state index in [0.717, 1.165) is 11.4 Å². The largest absolute Gasteiger partial charge is 0.497 e. The maximum atomic E-state index is 11.9. The van der Waals surface area contributed by atoms with Crippen LogP contribution in [0.1, 0.15) is 20.8 Å². The topological polar surface area (TPSA) is 77.0 Å². The molecule has 5 heteroatoms. The average Bonchev–Trinajstić information content (AvgIpc) is 2.40. The number of ether oxygens (including phenoxy) is 1. The van der Waals surface area contributed by atoms with Crippen LogP contribution in [0.3, 0.4) is 0 Å². The highest BCUT2D eigenvalue weighted by molar-refractivity contribution is 6.67. The van der Waals surface area contributed by atoms with Gasteiger partial charge in [0, 0.05) is 5.92 Å². The van der Waals surface area contributed by atoms with Gasteiger partial charge in [-0.2, -0.15) is 5.10 Å². The fraction of sp³-hybridized carbons (Fsp3) is 0.357. The van der Waals surface area contributed by atoms with E-state index >= 15 is 0 Å². The molecule has 0 amide bonds. The second kappa shape index (κ2) is 6.68. The molecule has 1 rings (SSSR count). The molecule has 0 fully saturated rings. The maximum Gasteiger partial charge on any atom is 0.187 e.